The first-order valence-corrected chi connectivity index (χ1v) is 7.85. The van der Waals surface area contributed by atoms with Crippen molar-refractivity contribution in [2.24, 2.45) is 0 Å². The molecule has 5 heteroatoms. The van der Waals surface area contributed by atoms with Crippen LogP contribution in [-0.4, -0.2) is 7.11 Å². The average molecular weight is 425 g/mol. The van der Waals surface area contributed by atoms with Crippen molar-refractivity contribution < 1.29 is 4.74 Å². The van der Waals surface area contributed by atoms with E-state index in [9.17, 15) is 0 Å². The molecule has 0 N–H and O–H groups in total. The average Bonchev–Trinajstić information content (AvgIpc) is 2.38. The van der Waals surface area contributed by atoms with Crippen molar-refractivity contribution in [3.63, 3.8) is 0 Å². The van der Waals surface area contributed by atoms with E-state index in [1.54, 1.807) is 13.2 Å². The summed E-state index contributed by atoms with van der Waals surface area (Å²) in [7, 11) is 1.61. The molecule has 2 rings (SSSR count). The maximum Gasteiger partial charge on any atom is 0.138 e. The first-order chi connectivity index (χ1) is 9.02. The number of hydrogen-bond donors (Lipinski definition) is 0. The molecule has 1 nitrogen and oxygen atoms in total. The van der Waals surface area contributed by atoms with Crippen LogP contribution in [0.3, 0.4) is 0 Å². The van der Waals surface area contributed by atoms with Crippen LogP contribution in [-0.2, 0) is 0 Å². The molecule has 100 valence electrons. The van der Waals surface area contributed by atoms with Crippen LogP contribution in [0.1, 0.15) is 16.5 Å². The van der Waals surface area contributed by atoms with Crippen LogP contribution in [0.2, 0.25) is 5.02 Å². The number of halogens is 4. The van der Waals surface area contributed by atoms with E-state index in [0.717, 1.165) is 20.1 Å². The third kappa shape index (κ3) is 3.46. The van der Waals surface area contributed by atoms with Gasteiger partial charge in [-0.1, -0.05) is 39.7 Å². The van der Waals surface area contributed by atoms with E-state index in [1.807, 2.05) is 30.3 Å². The molecule has 0 saturated carbocycles. The molecule has 19 heavy (non-hydrogen) atoms. The van der Waals surface area contributed by atoms with Gasteiger partial charge in [0.05, 0.1) is 17.0 Å². The van der Waals surface area contributed by atoms with Crippen LogP contribution in [0, 0.1) is 0 Å². The summed E-state index contributed by atoms with van der Waals surface area (Å²) in [6.07, 6.45) is 0. The van der Waals surface area contributed by atoms with E-state index in [2.05, 4.69) is 31.9 Å². The fourth-order valence-electron chi connectivity index (χ4n) is 1.80. The van der Waals surface area contributed by atoms with E-state index in [1.165, 1.54) is 0 Å². The fourth-order valence-corrected chi connectivity index (χ4v) is 3.36. The summed E-state index contributed by atoms with van der Waals surface area (Å²) in [5.41, 5.74) is 1.82. The van der Waals surface area contributed by atoms with Gasteiger partial charge in [0.2, 0.25) is 0 Å². The Labute approximate surface area is 139 Å². The van der Waals surface area contributed by atoms with Gasteiger partial charge in [-0.25, -0.2) is 0 Å². The Hall–Kier alpha value is -0.220. The highest BCUT2D eigenvalue weighted by atomic mass is 79.9. The van der Waals surface area contributed by atoms with Crippen LogP contribution >= 0.6 is 55.1 Å². The zero-order valence-corrected chi connectivity index (χ0v) is 14.6. The minimum absolute atomic E-state index is 0.321. The van der Waals surface area contributed by atoms with E-state index in [0.29, 0.717) is 10.8 Å². The van der Waals surface area contributed by atoms with Crippen LogP contribution in [0.5, 0.6) is 5.75 Å². The van der Waals surface area contributed by atoms with E-state index in [-0.39, 0.29) is 5.38 Å². The van der Waals surface area contributed by atoms with Gasteiger partial charge in [-0.05, 0) is 45.8 Å². The quantitative estimate of drug-likeness (QED) is 0.533. The molecule has 1 atom stereocenters. The zero-order chi connectivity index (χ0) is 14.0. The van der Waals surface area contributed by atoms with Crippen molar-refractivity contribution in [3.8, 4) is 5.75 Å². The molecule has 0 fully saturated rings. The lowest BCUT2D eigenvalue weighted by Gasteiger charge is -2.16. The van der Waals surface area contributed by atoms with Crippen LogP contribution < -0.4 is 4.74 Å². The second-order valence-corrected chi connectivity index (χ2v) is 6.57. The summed E-state index contributed by atoms with van der Waals surface area (Å²) < 4.78 is 7.20. The van der Waals surface area contributed by atoms with Crippen molar-refractivity contribution in [2.45, 2.75) is 5.38 Å². The Morgan fingerprint density at radius 2 is 1.74 bits per heavy atom. The molecule has 0 aromatic heterocycles. The second-order valence-electron chi connectivity index (χ2n) is 3.92. The first kappa shape index (κ1) is 15.2. The smallest absolute Gasteiger partial charge is 0.138 e. The van der Waals surface area contributed by atoms with Crippen molar-refractivity contribution in [1.82, 2.24) is 0 Å². The third-order valence-corrected chi connectivity index (χ3v) is 4.50. The lowest BCUT2D eigenvalue weighted by Crippen LogP contribution is -1.98. The number of hydrogen-bond acceptors (Lipinski definition) is 1. The van der Waals surface area contributed by atoms with Crippen molar-refractivity contribution in [2.75, 3.05) is 7.11 Å². The van der Waals surface area contributed by atoms with Gasteiger partial charge in [-0.2, -0.15) is 0 Å². The molecule has 0 saturated heterocycles. The number of methoxy groups -OCH3 is 1. The maximum absolute atomic E-state index is 6.54. The van der Waals surface area contributed by atoms with Crippen molar-refractivity contribution >= 4 is 55.1 Å². The molecule has 0 aliphatic rings. The third-order valence-electron chi connectivity index (χ3n) is 2.68. The lowest BCUT2D eigenvalue weighted by atomic mass is 10.0. The highest BCUT2D eigenvalue weighted by Crippen LogP contribution is 2.41. The molecule has 2 aromatic rings. The Balaban J connectivity index is 2.48. The summed E-state index contributed by atoms with van der Waals surface area (Å²) in [5, 5.41) is 0.295. The SMILES string of the molecule is COc1c(Br)cc(Cl)cc1C(Cl)c1ccc(Br)cc1. The van der Waals surface area contributed by atoms with Gasteiger partial charge in [0.1, 0.15) is 5.75 Å². The molecule has 0 spiro atoms. The van der Waals surface area contributed by atoms with Gasteiger partial charge in [0, 0.05) is 15.1 Å². The molecule has 2 aromatic carbocycles. The molecule has 1 unspecified atom stereocenters. The number of ether oxygens (including phenoxy) is 1. The van der Waals surface area contributed by atoms with E-state index >= 15 is 0 Å². The topological polar surface area (TPSA) is 9.23 Å². The Bertz CT molecular complexity index is 585. The monoisotopic (exact) mass is 422 g/mol. The fraction of sp³-hybridized carbons (Fsp3) is 0.143. The normalized spacial score (nSPS) is 12.3. The predicted octanol–water partition coefficient (Wildman–Crippen LogP) is 6.20. The van der Waals surface area contributed by atoms with Gasteiger partial charge >= 0.3 is 0 Å². The largest absolute Gasteiger partial charge is 0.495 e. The minimum Gasteiger partial charge on any atom is -0.495 e. The Morgan fingerprint density at radius 3 is 2.32 bits per heavy atom. The predicted molar refractivity (Wildman–Crippen MR) is 87.5 cm³/mol. The number of rotatable bonds is 3. The van der Waals surface area contributed by atoms with Gasteiger partial charge < -0.3 is 4.74 Å². The molecule has 0 aliphatic heterocycles. The highest BCUT2D eigenvalue weighted by Gasteiger charge is 2.18. The molecular weight excluding hydrogens is 415 g/mol. The summed E-state index contributed by atoms with van der Waals surface area (Å²) in [6, 6.07) is 11.5. The maximum atomic E-state index is 6.54. The van der Waals surface area contributed by atoms with Gasteiger partial charge in [-0.15, -0.1) is 11.6 Å². The second kappa shape index (κ2) is 6.49. The van der Waals surface area contributed by atoms with Crippen LogP contribution in [0.25, 0.3) is 0 Å². The minimum atomic E-state index is -0.321. The summed E-state index contributed by atoms with van der Waals surface area (Å²) in [5.74, 6) is 0.701. The van der Waals surface area contributed by atoms with Crippen molar-refractivity contribution in [1.29, 1.82) is 0 Å². The highest BCUT2D eigenvalue weighted by molar-refractivity contribution is 9.10. The van der Waals surface area contributed by atoms with Crippen LogP contribution in [0.4, 0.5) is 0 Å². The Morgan fingerprint density at radius 1 is 1.11 bits per heavy atom. The molecule has 0 aliphatic carbocycles. The molecule has 0 heterocycles. The van der Waals surface area contributed by atoms with Gasteiger partial charge in [0.15, 0.2) is 0 Å². The zero-order valence-electron chi connectivity index (χ0n) is 9.96. The van der Waals surface area contributed by atoms with Crippen molar-refractivity contribution in [3.05, 3.63) is 61.5 Å². The summed E-state index contributed by atoms with van der Waals surface area (Å²) >= 11 is 19.5. The van der Waals surface area contributed by atoms with E-state index < -0.39 is 0 Å². The van der Waals surface area contributed by atoms with Gasteiger partial charge in [0.25, 0.3) is 0 Å². The first-order valence-electron chi connectivity index (χ1n) is 5.45. The molecule has 0 radical (unpaired) electrons. The van der Waals surface area contributed by atoms with Gasteiger partial charge in [-0.3, -0.25) is 0 Å². The molecule has 0 bridgehead atoms. The van der Waals surface area contributed by atoms with Crippen LogP contribution in [0.15, 0.2) is 45.3 Å². The number of benzene rings is 2. The Kier molecular flexibility index (Phi) is 5.18. The number of alkyl halides is 1. The molecular formula is C14H10Br2Cl2O. The van der Waals surface area contributed by atoms with E-state index in [4.69, 9.17) is 27.9 Å². The lowest BCUT2D eigenvalue weighted by molar-refractivity contribution is 0.407. The summed E-state index contributed by atoms with van der Waals surface area (Å²) in [6.45, 7) is 0. The molecule has 0 amide bonds. The standard InChI is InChI=1S/C14H10Br2Cl2O/c1-19-14-11(6-10(17)7-12(14)16)13(18)8-2-4-9(15)5-3-8/h2-7,13H,1H3. The summed E-state index contributed by atoms with van der Waals surface area (Å²) in [4.78, 5) is 0.